The summed E-state index contributed by atoms with van der Waals surface area (Å²) in [4.78, 5) is 12.4. The molecule has 0 aromatic heterocycles. The van der Waals surface area contributed by atoms with E-state index in [-0.39, 0.29) is 18.1 Å². The smallest absolute Gasteiger partial charge is 0.251 e. The molecule has 134 valence electrons. The Morgan fingerprint density at radius 3 is 2.62 bits per heavy atom. The lowest BCUT2D eigenvalue weighted by atomic mass is 10.1. The zero-order valence-electron chi connectivity index (χ0n) is 14.8. The van der Waals surface area contributed by atoms with Gasteiger partial charge in [-0.1, -0.05) is 12.1 Å². The Hall–Kier alpha value is -2.84. The molecule has 0 radical (unpaired) electrons. The van der Waals surface area contributed by atoms with E-state index in [0.29, 0.717) is 17.7 Å². The van der Waals surface area contributed by atoms with E-state index in [9.17, 15) is 4.79 Å². The summed E-state index contributed by atoms with van der Waals surface area (Å²) in [5.41, 5.74) is 2.13. The Bertz CT molecular complexity index is 772. The first kappa shape index (κ1) is 18.0. The molecule has 2 atom stereocenters. The Balaban J connectivity index is 1.54. The van der Waals surface area contributed by atoms with Gasteiger partial charge in [0.15, 0.2) is 0 Å². The second-order valence-electron chi connectivity index (χ2n) is 6.40. The van der Waals surface area contributed by atoms with E-state index >= 15 is 0 Å². The quantitative estimate of drug-likeness (QED) is 0.864. The van der Waals surface area contributed by atoms with Gasteiger partial charge in [-0.15, -0.1) is 0 Å². The predicted molar refractivity (Wildman–Crippen MR) is 97.9 cm³/mol. The maximum atomic E-state index is 12.4. The number of carbonyl (C=O) groups excluding carboxylic acids is 1. The monoisotopic (exact) mass is 350 g/mol. The summed E-state index contributed by atoms with van der Waals surface area (Å²) in [6, 6.07) is 16.3. The van der Waals surface area contributed by atoms with Crippen molar-refractivity contribution in [1.29, 1.82) is 5.26 Å². The maximum Gasteiger partial charge on any atom is 0.251 e. The molecule has 1 aliphatic heterocycles. The van der Waals surface area contributed by atoms with Gasteiger partial charge in [-0.2, -0.15) is 5.26 Å². The van der Waals surface area contributed by atoms with Gasteiger partial charge in [0.05, 0.1) is 23.8 Å². The molecule has 1 N–H and O–H groups in total. The summed E-state index contributed by atoms with van der Waals surface area (Å²) in [6.07, 6.45) is 2.30. The van der Waals surface area contributed by atoms with Crippen LogP contribution < -0.4 is 10.1 Å². The fourth-order valence-electron chi connectivity index (χ4n) is 2.88. The van der Waals surface area contributed by atoms with E-state index < -0.39 is 0 Å². The second-order valence-corrected chi connectivity index (χ2v) is 6.40. The summed E-state index contributed by atoms with van der Waals surface area (Å²) in [5, 5.41) is 11.8. The van der Waals surface area contributed by atoms with Crippen LogP contribution in [-0.4, -0.2) is 25.2 Å². The summed E-state index contributed by atoms with van der Waals surface area (Å²) in [6.45, 7) is 3.27. The highest BCUT2D eigenvalue weighted by molar-refractivity contribution is 5.94. The van der Waals surface area contributed by atoms with Gasteiger partial charge in [0, 0.05) is 12.2 Å². The third-order valence-corrected chi connectivity index (χ3v) is 4.46. The van der Waals surface area contributed by atoms with Crippen molar-refractivity contribution in [2.45, 2.75) is 31.9 Å². The number of nitrogens with zero attached hydrogens (tertiary/aromatic N) is 1. The summed E-state index contributed by atoms with van der Waals surface area (Å²) < 4.78 is 11.2. The van der Waals surface area contributed by atoms with Crippen LogP contribution in [0.1, 0.15) is 47.3 Å². The van der Waals surface area contributed by atoms with Gasteiger partial charge in [-0.25, -0.2) is 0 Å². The van der Waals surface area contributed by atoms with Crippen molar-refractivity contribution >= 4 is 5.91 Å². The number of nitriles is 1. The molecule has 0 saturated carbocycles. The fraction of sp³-hybridized carbons (Fsp3) is 0.333. The first-order chi connectivity index (χ1) is 12.7. The third-order valence-electron chi connectivity index (χ3n) is 4.46. The van der Waals surface area contributed by atoms with Gasteiger partial charge in [0.25, 0.3) is 5.91 Å². The summed E-state index contributed by atoms with van der Waals surface area (Å²) in [5.74, 6) is 0.588. The molecule has 0 spiro atoms. The highest BCUT2D eigenvalue weighted by Gasteiger charge is 2.16. The number of benzene rings is 2. The predicted octanol–water partition coefficient (Wildman–Crippen LogP) is 3.61. The highest BCUT2D eigenvalue weighted by Crippen LogP contribution is 2.18. The minimum Gasteiger partial charge on any atom is -0.491 e. The number of nitrogens with one attached hydrogen (secondary N) is 1. The van der Waals surface area contributed by atoms with Crippen molar-refractivity contribution < 1.29 is 14.3 Å². The van der Waals surface area contributed by atoms with E-state index in [0.717, 1.165) is 30.8 Å². The minimum absolute atomic E-state index is 0.146. The summed E-state index contributed by atoms with van der Waals surface area (Å²) >= 11 is 0. The van der Waals surface area contributed by atoms with Gasteiger partial charge >= 0.3 is 0 Å². The van der Waals surface area contributed by atoms with E-state index in [4.69, 9.17) is 14.7 Å². The zero-order valence-corrected chi connectivity index (χ0v) is 14.8. The molecular weight excluding hydrogens is 328 g/mol. The Kier molecular flexibility index (Phi) is 5.88. The van der Waals surface area contributed by atoms with E-state index in [1.165, 1.54) is 0 Å². The highest BCUT2D eigenvalue weighted by atomic mass is 16.5. The zero-order chi connectivity index (χ0) is 18.4. The maximum absolute atomic E-state index is 12.4. The van der Waals surface area contributed by atoms with Crippen LogP contribution in [-0.2, 0) is 4.74 Å². The van der Waals surface area contributed by atoms with Crippen molar-refractivity contribution in [2.24, 2.45) is 0 Å². The molecule has 1 saturated heterocycles. The molecule has 5 nitrogen and oxygen atoms in total. The largest absolute Gasteiger partial charge is 0.491 e. The molecule has 2 aromatic rings. The molecule has 1 heterocycles. The Morgan fingerprint density at radius 1 is 1.27 bits per heavy atom. The molecule has 1 fully saturated rings. The number of rotatable bonds is 6. The van der Waals surface area contributed by atoms with E-state index in [2.05, 4.69) is 11.4 Å². The van der Waals surface area contributed by atoms with Crippen molar-refractivity contribution in [1.82, 2.24) is 5.32 Å². The first-order valence-electron chi connectivity index (χ1n) is 8.81. The lowest BCUT2D eigenvalue weighted by Crippen LogP contribution is -2.26. The fourth-order valence-corrected chi connectivity index (χ4v) is 2.88. The molecule has 0 bridgehead atoms. The van der Waals surface area contributed by atoms with Crippen LogP contribution in [0.25, 0.3) is 0 Å². The Labute approximate surface area is 153 Å². The lowest BCUT2D eigenvalue weighted by molar-refractivity contribution is 0.0679. The number of hydrogen-bond donors (Lipinski definition) is 1. The molecule has 26 heavy (non-hydrogen) atoms. The molecule has 5 heteroatoms. The number of amides is 1. The standard InChI is InChI=1S/C21H22N2O3/c1-15(17-6-4-16(13-22)5-7-17)23-21(24)18-8-10-19(11-9-18)26-14-20-3-2-12-25-20/h4-11,15,20H,2-3,12,14H2,1H3,(H,23,24). The van der Waals surface area contributed by atoms with Gasteiger partial charge in [0.1, 0.15) is 12.4 Å². The van der Waals surface area contributed by atoms with Crippen molar-refractivity contribution in [2.75, 3.05) is 13.2 Å². The van der Waals surface area contributed by atoms with Crippen molar-refractivity contribution in [3.63, 3.8) is 0 Å². The first-order valence-corrected chi connectivity index (χ1v) is 8.81. The van der Waals surface area contributed by atoms with Gasteiger partial charge in [-0.05, 0) is 61.7 Å². The van der Waals surface area contributed by atoms with E-state index in [1.54, 1.807) is 36.4 Å². The van der Waals surface area contributed by atoms with Crippen molar-refractivity contribution in [3.8, 4) is 11.8 Å². The number of hydrogen-bond acceptors (Lipinski definition) is 4. The number of ether oxygens (including phenoxy) is 2. The molecule has 3 rings (SSSR count). The van der Waals surface area contributed by atoms with Crippen LogP contribution in [0.3, 0.4) is 0 Å². The van der Waals surface area contributed by atoms with Crippen LogP contribution in [0.15, 0.2) is 48.5 Å². The van der Waals surface area contributed by atoms with Crippen LogP contribution in [0.2, 0.25) is 0 Å². The van der Waals surface area contributed by atoms with E-state index in [1.807, 2.05) is 19.1 Å². The van der Waals surface area contributed by atoms with Gasteiger partial charge < -0.3 is 14.8 Å². The number of carbonyl (C=O) groups is 1. The normalized spacial score (nSPS) is 17.3. The molecule has 2 unspecified atom stereocenters. The molecule has 1 amide bonds. The third kappa shape index (κ3) is 4.62. The topological polar surface area (TPSA) is 71.3 Å². The average Bonchev–Trinajstić information content (AvgIpc) is 3.20. The van der Waals surface area contributed by atoms with Gasteiger partial charge in [0.2, 0.25) is 0 Å². The Morgan fingerprint density at radius 2 is 2.00 bits per heavy atom. The SMILES string of the molecule is CC(NC(=O)c1ccc(OCC2CCCO2)cc1)c1ccc(C#N)cc1. The van der Waals surface area contributed by atoms with Crippen LogP contribution in [0.5, 0.6) is 5.75 Å². The van der Waals surface area contributed by atoms with Crippen LogP contribution >= 0.6 is 0 Å². The molecule has 2 aromatic carbocycles. The molecule has 0 aliphatic carbocycles. The van der Waals surface area contributed by atoms with Crippen LogP contribution in [0, 0.1) is 11.3 Å². The van der Waals surface area contributed by atoms with Crippen LogP contribution in [0.4, 0.5) is 0 Å². The summed E-state index contributed by atoms with van der Waals surface area (Å²) in [7, 11) is 0. The van der Waals surface area contributed by atoms with Gasteiger partial charge in [-0.3, -0.25) is 4.79 Å². The molecule has 1 aliphatic rings. The second kappa shape index (κ2) is 8.50. The lowest BCUT2D eigenvalue weighted by Gasteiger charge is -2.15. The minimum atomic E-state index is -0.148. The average molecular weight is 350 g/mol. The van der Waals surface area contributed by atoms with Crippen molar-refractivity contribution in [3.05, 3.63) is 65.2 Å². The molecular formula is C21H22N2O3.